The number of fused-ring (bicyclic) bond motifs is 3. The van der Waals surface area contributed by atoms with Crippen molar-refractivity contribution in [3.8, 4) is 0 Å². The lowest BCUT2D eigenvalue weighted by Crippen LogP contribution is -2.14. The average molecular weight is 279 g/mol. The Bertz CT molecular complexity index is 716. The summed E-state index contributed by atoms with van der Waals surface area (Å²) in [6.07, 6.45) is 4.28. The maximum atomic E-state index is 11.7. The molecule has 0 unspecified atom stereocenters. The van der Waals surface area contributed by atoms with Crippen LogP contribution >= 0.6 is 0 Å². The summed E-state index contributed by atoms with van der Waals surface area (Å²) in [5, 5.41) is 1.05. The van der Waals surface area contributed by atoms with Crippen molar-refractivity contribution in [2.24, 2.45) is 0 Å². The third kappa shape index (κ3) is 2.23. The number of nitrogens with one attached hydrogen (secondary N) is 1. The smallest absolute Gasteiger partial charge is 0.232 e. The fourth-order valence-corrected chi connectivity index (χ4v) is 3.24. The van der Waals surface area contributed by atoms with Crippen LogP contribution in [-0.2, 0) is 22.9 Å². The van der Waals surface area contributed by atoms with Crippen LogP contribution in [0.1, 0.15) is 31.1 Å². The predicted octanol–water partition coefficient (Wildman–Crippen LogP) is 3.07. The summed E-state index contributed by atoms with van der Waals surface area (Å²) in [5.41, 5.74) is 2.47. The van der Waals surface area contributed by atoms with Crippen LogP contribution in [0.25, 0.3) is 11.0 Å². The van der Waals surface area contributed by atoms with Crippen LogP contribution in [-0.4, -0.2) is 14.2 Å². The Hall–Kier alpha value is -1.49. The van der Waals surface area contributed by atoms with E-state index in [9.17, 15) is 8.42 Å². The van der Waals surface area contributed by atoms with E-state index in [2.05, 4.69) is 4.72 Å². The maximum absolute atomic E-state index is 11.7. The van der Waals surface area contributed by atoms with Crippen LogP contribution in [0.15, 0.2) is 22.6 Å². The molecule has 1 aromatic carbocycles. The standard InChI is InChI=1S/C14H17NO3S/c1-2-19(16,17)15-12-8-5-7-11-10-6-3-4-9-13(10)18-14(11)12/h5,7-8,15H,2-4,6,9H2,1H3. The number of furan rings is 1. The van der Waals surface area contributed by atoms with Crippen LogP contribution in [0.4, 0.5) is 5.69 Å². The molecule has 1 aliphatic carbocycles. The molecule has 0 bridgehead atoms. The monoisotopic (exact) mass is 279 g/mol. The number of benzene rings is 1. The number of hydrogen-bond acceptors (Lipinski definition) is 3. The third-order valence-electron chi connectivity index (χ3n) is 3.63. The molecular weight excluding hydrogens is 262 g/mol. The molecule has 3 rings (SSSR count). The van der Waals surface area contributed by atoms with Gasteiger partial charge in [0, 0.05) is 17.4 Å². The van der Waals surface area contributed by atoms with E-state index in [1.165, 1.54) is 12.0 Å². The number of rotatable bonds is 3. The Morgan fingerprint density at radius 1 is 1.26 bits per heavy atom. The molecule has 0 atom stereocenters. The van der Waals surface area contributed by atoms with Gasteiger partial charge in [-0.25, -0.2) is 8.42 Å². The molecule has 19 heavy (non-hydrogen) atoms. The normalized spacial score (nSPS) is 15.4. The van der Waals surface area contributed by atoms with Gasteiger partial charge >= 0.3 is 0 Å². The Balaban J connectivity index is 2.14. The number of sulfonamides is 1. The van der Waals surface area contributed by atoms with Gasteiger partial charge in [-0.2, -0.15) is 0 Å². The Morgan fingerprint density at radius 2 is 2.05 bits per heavy atom. The second kappa shape index (κ2) is 4.56. The highest BCUT2D eigenvalue weighted by Gasteiger charge is 2.20. The van der Waals surface area contributed by atoms with Gasteiger partial charge in [-0.05, 0) is 32.3 Å². The Kier molecular flexibility index (Phi) is 3.01. The summed E-state index contributed by atoms with van der Waals surface area (Å²) in [6.45, 7) is 1.62. The van der Waals surface area contributed by atoms with Gasteiger partial charge < -0.3 is 4.42 Å². The van der Waals surface area contributed by atoms with Crippen LogP contribution < -0.4 is 4.72 Å². The van der Waals surface area contributed by atoms with Crippen molar-refractivity contribution in [3.05, 3.63) is 29.5 Å². The van der Waals surface area contributed by atoms with E-state index in [0.717, 1.165) is 30.4 Å². The minimum absolute atomic E-state index is 0.0593. The van der Waals surface area contributed by atoms with Crippen LogP contribution in [0.2, 0.25) is 0 Å². The van der Waals surface area contributed by atoms with Gasteiger partial charge in [-0.3, -0.25) is 4.72 Å². The number of aryl methyl sites for hydroxylation is 2. The first-order valence-electron chi connectivity index (χ1n) is 6.64. The molecular formula is C14H17NO3S. The molecule has 5 heteroatoms. The van der Waals surface area contributed by atoms with Crippen LogP contribution in [0.5, 0.6) is 0 Å². The molecule has 0 saturated heterocycles. The van der Waals surface area contributed by atoms with Crippen molar-refractivity contribution in [2.45, 2.75) is 32.6 Å². The molecule has 1 aliphatic rings. The average Bonchev–Trinajstić information content (AvgIpc) is 2.78. The van der Waals surface area contributed by atoms with E-state index in [-0.39, 0.29) is 5.75 Å². The lowest BCUT2D eigenvalue weighted by molar-refractivity contribution is 0.506. The van der Waals surface area contributed by atoms with Crippen molar-refractivity contribution in [2.75, 3.05) is 10.5 Å². The third-order valence-corrected chi connectivity index (χ3v) is 4.92. The second-order valence-electron chi connectivity index (χ2n) is 4.90. The fourth-order valence-electron chi connectivity index (χ4n) is 2.60. The minimum Gasteiger partial charge on any atom is -0.459 e. The van der Waals surface area contributed by atoms with Crippen molar-refractivity contribution >= 4 is 26.7 Å². The van der Waals surface area contributed by atoms with Gasteiger partial charge in [0.2, 0.25) is 10.0 Å². The molecule has 1 aromatic heterocycles. The number of hydrogen-bond donors (Lipinski definition) is 1. The summed E-state index contributed by atoms with van der Waals surface area (Å²) in [5.74, 6) is 1.08. The van der Waals surface area contributed by atoms with E-state index in [4.69, 9.17) is 4.42 Å². The van der Waals surface area contributed by atoms with Gasteiger partial charge in [-0.1, -0.05) is 12.1 Å². The van der Waals surface area contributed by atoms with Gasteiger partial charge in [0.05, 0.1) is 11.4 Å². The molecule has 1 N–H and O–H groups in total. The highest BCUT2D eigenvalue weighted by molar-refractivity contribution is 7.92. The van der Waals surface area contributed by atoms with E-state index < -0.39 is 10.0 Å². The van der Waals surface area contributed by atoms with Crippen LogP contribution in [0, 0.1) is 0 Å². The van der Waals surface area contributed by atoms with Gasteiger partial charge in [0.25, 0.3) is 0 Å². The van der Waals surface area contributed by atoms with Gasteiger partial charge in [0.1, 0.15) is 5.76 Å². The van der Waals surface area contributed by atoms with Gasteiger partial charge in [-0.15, -0.1) is 0 Å². The molecule has 0 amide bonds. The number of anilines is 1. The van der Waals surface area contributed by atoms with Crippen molar-refractivity contribution < 1.29 is 12.8 Å². The SMILES string of the molecule is CCS(=O)(=O)Nc1cccc2c3c(oc12)CCCC3. The molecule has 102 valence electrons. The molecule has 4 nitrogen and oxygen atoms in total. The highest BCUT2D eigenvalue weighted by Crippen LogP contribution is 2.35. The molecule has 2 aromatic rings. The molecule has 1 heterocycles. The van der Waals surface area contributed by atoms with E-state index >= 15 is 0 Å². The maximum Gasteiger partial charge on any atom is 0.232 e. The molecule has 0 aliphatic heterocycles. The molecule has 0 saturated carbocycles. The van der Waals surface area contributed by atoms with Crippen molar-refractivity contribution in [1.29, 1.82) is 0 Å². The first kappa shape index (κ1) is 12.5. The zero-order chi connectivity index (χ0) is 13.5. The number of para-hydroxylation sites is 1. The largest absolute Gasteiger partial charge is 0.459 e. The summed E-state index contributed by atoms with van der Waals surface area (Å²) in [6, 6.07) is 5.64. The fraction of sp³-hybridized carbons (Fsp3) is 0.429. The lowest BCUT2D eigenvalue weighted by Gasteiger charge is -2.08. The summed E-state index contributed by atoms with van der Waals surface area (Å²) in [7, 11) is -3.28. The first-order valence-corrected chi connectivity index (χ1v) is 8.29. The van der Waals surface area contributed by atoms with E-state index in [1.807, 2.05) is 12.1 Å². The molecule has 0 spiro atoms. The summed E-state index contributed by atoms with van der Waals surface area (Å²) in [4.78, 5) is 0. The summed E-state index contributed by atoms with van der Waals surface area (Å²) < 4.78 is 31.9. The van der Waals surface area contributed by atoms with Crippen LogP contribution in [0.3, 0.4) is 0 Å². The highest BCUT2D eigenvalue weighted by atomic mass is 32.2. The lowest BCUT2D eigenvalue weighted by atomic mass is 9.96. The summed E-state index contributed by atoms with van der Waals surface area (Å²) >= 11 is 0. The van der Waals surface area contributed by atoms with Gasteiger partial charge in [0.15, 0.2) is 5.58 Å². The zero-order valence-electron chi connectivity index (χ0n) is 10.9. The van der Waals surface area contributed by atoms with Crippen molar-refractivity contribution in [3.63, 3.8) is 0 Å². The predicted molar refractivity (Wildman–Crippen MR) is 75.9 cm³/mol. The minimum atomic E-state index is -3.28. The van der Waals surface area contributed by atoms with Crippen molar-refractivity contribution in [1.82, 2.24) is 0 Å². The Morgan fingerprint density at radius 3 is 2.84 bits per heavy atom. The topological polar surface area (TPSA) is 59.3 Å². The Labute approximate surface area is 112 Å². The zero-order valence-corrected chi connectivity index (χ0v) is 11.7. The van der Waals surface area contributed by atoms with E-state index in [1.54, 1.807) is 13.0 Å². The first-order chi connectivity index (χ1) is 9.11. The molecule has 0 fully saturated rings. The van der Waals surface area contributed by atoms with E-state index in [0.29, 0.717) is 11.3 Å². The second-order valence-corrected chi connectivity index (χ2v) is 6.91. The quantitative estimate of drug-likeness (QED) is 0.939. The molecule has 0 radical (unpaired) electrons.